The van der Waals surface area contributed by atoms with Gasteiger partial charge in [0.1, 0.15) is 0 Å². The third-order valence-corrected chi connectivity index (χ3v) is 2.81. The van der Waals surface area contributed by atoms with Crippen LogP contribution < -0.4 is 10.6 Å². The molecule has 0 aromatic carbocycles. The van der Waals surface area contributed by atoms with E-state index in [4.69, 9.17) is 5.11 Å². The van der Waals surface area contributed by atoms with Gasteiger partial charge in [-0.15, -0.1) is 0 Å². The van der Waals surface area contributed by atoms with E-state index in [9.17, 15) is 14.4 Å². The van der Waals surface area contributed by atoms with Crippen molar-refractivity contribution in [2.45, 2.75) is 32.7 Å². The fourth-order valence-corrected chi connectivity index (χ4v) is 1.41. The molecule has 0 fully saturated rings. The summed E-state index contributed by atoms with van der Waals surface area (Å²) < 4.78 is 0. The summed E-state index contributed by atoms with van der Waals surface area (Å²) in [4.78, 5) is 35.0. The van der Waals surface area contributed by atoms with Crippen LogP contribution in [0, 0.1) is 5.92 Å². The average Bonchev–Trinajstić information content (AvgIpc) is 2.33. The highest BCUT2D eigenvalue weighted by Crippen LogP contribution is 2.06. The molecule has 1 unspecified atom stereocenters. The highest BCUT2D eigenvalue weighted by Gasteiger charge is 2.21. The Bertz CT molecular complexity index is 331. The molecule has 0 saturated carbocycles. The maximum Gasteiger partial charge on any atom is 0.317 e. The summed E-state index contributed by atoms with van der Waals surface area (Å²) >= 11 is 0. The lowest BCUT2D eigenvalue weighted by Gasteiger charge is -2.24. The fourth-order valence-electron chi connectivity index (χ4n) is 1.41. The van der Waals surface area contributed by atoms with Crippen molar-refractivity contribution in [2.75, 3.05) is 20.6 Å². The van der Waals surface area contributed by atoms with Gasteiger partial charge in [-0.05, 0) is 5.92 Å². The molecule has 0 aliphatic rings. The van der Waals surface area contributed by atoms with Gasteiger partial charge in [-0.1, -0.05) is 13.8 Å². The molecular formula is C12H23N3O4. The number of hydrogen-bond acceptors (Lipinski definition) is 3. The molecule has 1 atom stereocenters. The Morgan fingerprint density at radius 2 is 1.84 bits per heavy atom. The molecule has 0 heterocycles. The van der Waals surface area contributed by atoms with Gasteiger partial charge in [0.05, 0.1) is 6.42 Å². The van der Waals surface area contributed by atoms with Crippen LogP contribution >= 0.6 is 0 Å². The minimum atomic E-state index is -0.952. The van der Waals surface area contributed by atoms with Gasteiger partial charge >= 0.3 is 12.0 Å². The maximum absolute atomic E-state index is 11.8. The number of hydrogen-bond donors (Lipinski definition) is 3. The van der Waals surface area contributed by atoms with Gasteiger partial charge in [0.25, 0.3) is 0 Å². The van der Waals surface area contributed by atoms with Crippen LogP contribution in [0.3, 0.4) is 0 Å². The van der Waals surface area contributed by atoms with E-state index in [1.807, 2.05) is 13.8 Å². The Morgan fingerprint density at radius 3 is 2.26 bits per heavy atom. The second kappa shape index (κ2) is 8.34. The maximum atomic E-state index is 11.8. The molecule has 0 rings (SSSR count). The molecule has 0 aliphatic carbocycles. The van der Waals surface area contributed by atoms with Crippen LogP contribution in [0.5, 0.6) is 0 Å². The van der Waals surface area contributed by atoms with Crippen molar-refractivity contribution in [2.24, 2.45) is 5.92 Å². The molecule has 0 saturated heterocycles. The van der Waals surface area contributed by atoms with Crippen molar-refractivity contribution in [3.8, 4) is 0 Å². The summed E-state index contributed by atoms with van der Waals surface area (Å²) in [5.74, 6) is -1.08. The van der Waals surface area contributed by atoms with E-state index in [0.29, 0.717) is 0 Å². The van der Waals surface area contributed by atoms with Crippen molar-refractivity contribution >= 4 is 17.9 Å². The van der Waals surface area contributed by atoms with E-state index in [0.717, 1.165) is 0 Å². The summed E-state index contributed by atoms with van der Waals surface area (Å²) in [6.07, 6.45) is 0.0956. The first-order valence-electron chi connectivity index (χ1n) is 6.22. The van der Waals surface area contributed by atoms with Crippen LogP contribution in [0.2, 0.25) is 0 Å². The van der Waals surface area contributed by atoms with Gasteiger partial charge in [0, 0.05) is 33.1 Å². The van der Waals surface area contributed by atoms with Crippen LogP contribution in [-0.4, -0.2) is 54.6 Å². The SMILES string of the molecule is CNC(=O)CCN(C)C(=O)NC(CC(=O)O)C(C)C. The number of carboxylic acids is 1. The van der Waals surface area contributed by atoms with E-state index in [-0.39, 0.29) is 37.2 Å². The van der Waals surface area contributed by atoms with Gasteiger partial charge in [0.15, 0.2) is 0 Å². The number of amides is 3. The zero-order chi connectivity index (χ0) is 15.0. The fraction of sp³-hybridized carbons (Fsp3) is 0.750. The molecule has 3 amide bonds. The topological polar surface area (TPSA) is 98.7 Å². The summed E-state index contributed by atoms with van der Waals surface area (Å²) in [6.45, 7) is 3.97. The monoisotopic (exact) mass is 273 g/mol. The van der Waals surface area contributed by atoms with Gasteiger partial charge < -0.3 is 20.6 Å². The number of carbonyl (C=O) groups excluding carboxylic acids is 2. The highest BCUT2D eigenvalue weighted by molar-refractivity contribution is 5.78. The number of urea groups is 1. The quantitative estimate of drug-likeness (QED) is 0.619. The Balaban J connectivity index is 4.31. The zero-order valence-corrected chi connectivity index (χ0v) is 11.9. The van der Waals surface area contributed by atoms with Crippen molar-refractivity contribution in [1.29, 1.82) is 0 Å². The molecule has 19 heavy (non-hydrogen) atoms. The van der Waals surface area contributed by atoms with E-state index in [2.05, 4.69) is 10.6 Å². The van der Waals surface area contributed by atoms with E-state index >= 15 is 0 Å². The van der Waals surface area contributed by atoms with Crippen LogP contribution in [0.1, 0.15) is 26.7 Å². The summed E-state index contributed by atoms with van der Waals surface area (Å²) in [5, 5.41) is 13.9. The average molecular weight is 273 g/mol. The van der Waals surface area contributed by atoms with Crippen LogP contribution in [0.25, 0.3) is 0 Å². The van der Waals surface area contributed by atoms with Gasteiger partial charge in [-0.2, -0.15) is 0 Å². The molecule has 0 bridgehead atoms. The Hall–Kier alpha value is -1.79. The van der Waals surface area contributed by atoms with Crippen molar-refractivity contribution in [1.82, 2.24) is 15.5 Å². The minimum Gasteiger partial charge on any atom is -0.481 e. The van der Waals surface area contributed by atoms with Crippen molar-refractivity contribution in [3.05, 3.63) is 0 Å². The first-order valence-corrected chi connectivity index (χ1v) is 6.22. The minimum absolute atomic E-state index is 0.0207. The first-order chi connectivity index (χ1) is 8.77. The lowest BCUT2D eigenvalue weighted by atomic mass is 10.0. The molecular weight excluding hydrogens is 250 g/mol. The third-order valence-electron chi connectivity index (χ3n) is 2.81. The van der Waals surface area contributed by atoms with E-state index < -0.39 is 12.0 Å². The number of nitrogens with one attached hydrogen (secondary N) is 2. The van der Waals surface area contributed by atoms with E-state index in [1.165, 1.54) is 11.9 Å². The lowest BCUT2D eigenvalue weighted by molar-refractivity contribution is -0.137. The lowest BCUT2D eigenvalue weighted by Crippen LogP contribution is -2.46. The molecule has 0 aromatic heterocycles. The molecule has 7 nitrogen and oxygen atoms in total. The standard InChI is InChI=1S/C12H23N3O4/c1-8(2)9(7-11(17)18)14-12(19)15(4)6-5-10(16)13-3/h8-9H,5-7H2,1-4H3,(H,13,16)(H,14,19)(H,17,18). The highest BCUT2D eigenvalue weighted by atomic mass is 16.4. The molecule has 3 N–H and O–H groups in total. The van der Waals surface area contributed by atoms with Crippen LogP contribution in [0.15, 0.2) is 0 Å². The number of nitrogens with zero attached hydrogens (tertiary/aromatic N) is 1. The number of carboxylic acid groups (broad SMARTS) is 1. The molecule has 0 spiro atoms. The third kappa shape index (κ3) is 7.28. The molecule has 110 valence electrons. The Kier molecular flexibility index (Phi) is 7.55. The molecule has 7 heteroatoms. The van der Waals surface area contributed by atoms with Gasteiger partial charge in [-0.25, -0.2) is 4.79 Å². The van der Waals surface area contributed by atoms with Gasteiger partial charge in [0.2, 0.25) is 5.91 Å². The molecule has 0 aliphatic heterocycles. The second-order valence-corrected chi connectivity index (χ2v) is 4.74. The smallest absolute Gasteiger partial charge is 0.317 e. The predicted octanol–water partition coefficient (Wildman–Crippen LogP) is 0.263. The van der Waals surface area contributed by atoms with Crippen molar-refractivity contribution < 1.29 is 19.5 Å². The Morgan fingerprint density at radius 1 is 1.26 bits per heavy atom. The Labute approximate surface area is 113 Å². The largest absolute Gasteiger partial charge is 0.481 e. The summed E-state index contributed by atoms with van der Waals surface area (Å²) in [5.41, 5.74) is 0. The van der Waals surface area contributed by atoms with Crippen LogP contribution in [0.4, 0.5) is 4.79 Å². The van der Waals surface area contributed by atoms with Gasteiger partial charge in [-0.3, -0.25) is 9.59 Å². The van der Waals surface area contributed by atoms with Crippen molar-refractivity contribution in [3.63, 3.8) is 0 Å². The predicted molar refractivity (Wildman–Crippen MR) is 70.7 cm³/mol. The molecule has 0 radical (unpaired) electrons. The summed E-state index contributed by atoms with van der Waals surface area (Å²) in [7, 11) is 3.10. The number of aliphatic carboxylic acids is 1. The first kappa shape index (κ1) is 17.2. The number of rotatable bonds is 7. The normalized spacial score (nSPS) is 11.8. The summed E-state index contributed by atoms with van der Waals surface area (Å²) in [6, 6.07) is -0.795. The van der Waals surface area contributed by atoms with E-state index in [1.54, 1.807) is 7.05 Å². The van der Waals surface area contributed by atoms with Crippen LogP contribution in [-0.2, 0) is 9.59 Å². The zero-order valence-electron chi connectivity index (χ0n) is 11.9. The number of carbonyl (C=O) groups is 3. The second-order valence-electron chi connectivity index (χ2n) is 4.74. The molecule has 0 aromatic rings.